The third-order valence-corrected chi connectivity index (χ3v) is 5.76. The van der Waals surface area contributed by atoms with Crippen molar-refractivity contribution in [1.82, 2.24) is 0 Å². The van der Waals surface area contributed by atoms with Gasteiger partial charge in [0.2, 0.25) is 0 Å². The first-order chi connectivity index (χ1) is 13.8. The molecule has 1 aromatic carbocycles. The van der Waals surface area contributed by atoms with Crippen LogP contribution in [0.2, 0.25) is 0 Å². The van der Waals surface area contributed by atoms with Crippen molar-refractivity contribution >= 4 is 29.5 Å². The Bertz CT molecular complexity index is 771. The van der Waals surface area contributed by atoms with Crippen molar-refractivity contribution in [3.05, 3.63) is 70.4 Å². The van der Waals surface area contributed by atoms with Gasteiger partial charge in [-0.15, -0.1) is 0 Å². The number of allylic oxidation sites excluding steroid dienone is 5. The second-order valence-corrected chi connectivity index (χ2v) is 8.92. The van der Waals surface area contributed by atoms with Gasteiger partial charge in [0.1, 0.15) is 5.76 Å². The lowest BCUT2D eigenvalue weighted by Gasteiger charge is -2.18. The van der Waals surface area contributed by atoms with Crippen LogP contribution < -0.4 is 0 Å². The van der Waals surface area contributed by atoms with Crippen LogP contribution in [0.15, 0.2) is 64.9 Å². The number of benzene rings is 1. The first-order valence-corrected chi connectivity index (χ1v) is 12.0. The molecule has 0 atom stereocenters. The molecule has 0 unspecified atom stereocenters. The van der Waals surface area contributed by atoms with Gasteiger partial charge in [-0.25, -0.2) is 4.57 Å². The number of carbonyl (C=O) groups excluding carboxylic acids is 1. The summed E-state index contributed by atoms with van der Waals surface area (Å²) in [7, 11) is -3.67. The van der Waals surface area contributed by atoms with Gasteiger partial charge < -0.3 is 4.52 Å². The molecule has 0 aliphatic heterocycles. The Kier molecular flexibility index (Phi) is 12.1. The van der Waals surface area contributed by atoms with Crippen molar-refractivity contribution in [2.75, 3.05) is 13.2 Å². The number of ketones is 1. The van der Waals surface area contributed by atoms with Crippen LogP contribution >= 0.6 is 23.8 Å². The predicted octanol–water partition coefficient (Wildman–Crippen LogP) is 7.41. The Hall–Kier alpha value is -1.46. The highest BCUT2D eigenvalue weighted by molar-refractivity contribution is 9.10. The molecule has 0 fully saturated rings. The minimum atomic E-state index is -3.67. The first kappa shape index (κ1) is 25.6. The SMILES string of the molecule is C=C(/C=C\C=C(/C)OP(=O)(OCCCC)OCCCC)C(=O)c1cccc(Br)c1. The average molecular weight is 485 g/mol. The molecule has 7 heteroatoms. The van der Waals surface area contributed by atoms with Crippen molar-refractivity contribution in [3.63, 3.8) is 0 Å². The number of unbranched alkanes of at least 4 members (excludes halogenated alkanes) is 2. The number of phosphoric ester groups is 1. The molecule has 0 spiro atoms. The smallest absolute Gasteiger partial charge is 0.409 e. The van der Waals surface area contributed by atoms with E-state index in [9.17, 15) is 9.36 Å². The van der Waals surface area contributed by atoms with E-state index in [1.165, 1.54) is 0 Å². The second-order valence-electron chi connectivity index (χ2n) is 6.41. The molecule has 1 aromatic rings. The lowest BCUT2D eigenvalue weighted by molar-refractivity contribution is 0.103. The maximum atomic E-state index is 12.8. The van der Waals surface area contributed by atoms with Crippen molar-refractivity contribution in [2.24, 2.45) is 0 Å². The lowest BCUT2D eigenvalue weighted by Crippen LogP contribution is -2.02. The van der Waals surface area contributed by atoms with E-state index in [-0.39, 0.29) is 5.78 Å². The molecule has 0 aliphatic rings. The molecule has 0 saturated carbocycles. The van der Waals surface area contributed by atoms with E-state index in [1.54, 1.807) is 43.4 Å². The number of carbonyl (C=O) groups is 1. The fraction of sp³-hybridized carbons (Fsp3) is 0.409. The third-order valence-electron chi connectivity index (χ3n) is 3.76. The summed E-state index contributed by atoms with van der Waals surface area (Å²) in [5.74, 6) is 0.186. The minimum Gasteiger partial charge on any atom is -0.409 e. The molecule has 160 valence electrons. The van der Waals surface area contributed by atoms with Crippen molar-refractivity contribution in [2.45, 2.75) is 46.5 Å². The van der Waals surface area contributed by atoms with Gasteiger partial charge in [0.05, 0.1) is 13.2 Å². The van der Waals surface area contributed by atoms with Crippen molar-refractivity contribution in [3.8, 4) is 0 Å². The normalized spacial score (nSPS) is 12.3. The molecule has 29 heavy (non-hydrogen) atoms. The highest BCUT2D eigenvalue weighted by Crippen LogP contribution is 2.51. The average Bonchev–Trinajstić information content (AvgIpc) is 2.67. The van der Waals surface area contributed by atoms with Gasteiger partial charge >= 0.3 is 7.82 Å². The van der Waals surface area contributed by atoms with E-state index in [2.05, 4.69) is 22.5 Å². The Balaban J connectivity index is 2.73. The summed E-state index contributed by atoms with van der Waals surface area (Å²) in [6.45, 7) is 10.1. The molecule has 0 aromatic heterocycles. The molecule has 0 aliphatic carbocycles. The quantitative estimate of drug-likeness (QED) is 0.0686. The van der Waals surface area contributed by atoms with Gasteiger partial charge in [-0.3, -0.25) is 13.8 Å². The molecule has 0 radical (unpaired) electrons. The molecule has 0 saturated heterocycles. The molecular formula is C22H30BrO5P. The van der Waals surface area contributed by atoms with Gasteiger partial charge in [-0.1, -0.05) is 73.5 Å². The van der Waals surface area contributed by atoms with Crippen molar-refractivity contribution in [1.29, 1.82) is 0 Å². The molecule has 1 rings (SSSR count). The van der Waals surface area contributed by atoms with E-state index >= 15 is 0 Å². The first-order valence-electron chi connectivity index (χ1n) is 9.74. The summed E-state index contributed by atoms with van der Waals surface area (Å²) in [5.41, 5.74) is 0.873. The standard InChI is InChI=1S/C22H30BrO5P/c1-5-7-15-26-29(25,27-16-8-6-2)28-19(4)12-9-11-18(3)22(24)20-13-10-14-21(23)17-20/h9-14,17H,3,5-8,15-16H2,1-2,4H3/b11-9-,19-12+. The summed E-state index contributed by atoms with van der Waals surface area (Å²) in [4.78, 5) is 12.4. The maximum absolute atomic E-state index is 12.8. The van der Waals surface area contributed by atoms with Gasteiger partial charge in [0, 0.05) is 15.6 Å². The highest BCUT2D eigenvalue weighted by Gasteiger charge is 2.28. The van der Waals surface area contributed by atoms with Gasteiger partial charge in [0.15, 0.2) is 5.78 Å². The maximum Gasteiger partial charge on any atom is 0.529 e. The number of hydrogen-bond donors (Lipinski definition) is 0. The molecular weight excluding hydrogens is 455 g/mol. The summed E-state index contributed by atoms with van der Waals surface area (Å²) in [5, 5.41) is 0. The lowest BCUT2D eigenvalue weighted by atomic mass is 10.0. The molecule has 0 heterocycles. The Labute approximate surface area is 182 Å². The van der Waals surface area contributed by atoms with Crippen molar-refractivity contribution < 1.29 is 22.9 Å². The highest BCUT2D eigenvalue weighted by atomic mass is 79.9. The topological polar surface area (TPSA) is 61.8 Å². The predicted molar refractivity (Wildman–Crippen MR) is 121 cm³/mol. The van der Waals surface area contributed by atoms with Crippen LogP contribution in [-0.2, 0) is 18.1 Å². The van der Waals surface area contributed by atoms with Gasteiger partial charge in [-0.2, -0.15) is 0 Å². The third kappa shape index (κ3) is 10.2. The zero-order chi connectivity index (χ0) is 21.7. The fourth-order valence-corrected chi connectivity index (χ4v) is 3.83. The molecule has 0 N–H and O–H groups in total. The van der Waals surface area contributed by atoms with E-state index < -0.39 is 7.82 Å². The van der Waals surface area contributed by atoms with Crippen LogP contribution in [0, 0.1) is 0 Å². The molecule has 0 bridgehead atoms. The van der Waals surface area contributed by atoms with Crippen LogP contribution in [0.1, 0.15) is 56.8 Å². The monoisotopic (exact) mass is 484 g/mol. The van der Waals surface area contributed by atoms with Crippen LogP contribution in [0.25, 0.3) is 0 Å². The number of halogens is 1. The van der Waals surface area contributed by atoms with E-state index in [4.69, 9.17) is 13.6 Å². The van der Waals surface area contributed by atoms with Crippen LogP contribution in [0.4, 0.5) is 0 Å². The summed E-state index contributed by atoms with van der Waals surface area (Å²) in [6, 6.07) is 7.11. The largest absolute Gasteiger partial charge is 0.529 e. The molecule has 0 amide bonds. The van der Waals surface area contributed by atoms with E-state index in [0.29, 0.717) is 30.1 Å². The number of rotatable bonds is 14. The minimum absolute atomic E-state index is 0.175. The number of hydrogen-bond acceptors (Lipinski definition) is 5. The zero-order valence-electron chi connectivity index (χ0n) is 17.4. The van der Waals surface area contributed by atoms with Gasteiger partial charge in [-0.05, 0) is 38.0 Å². The summed E-state index contributed by atoms with van der Waals surface area (Å²) >= 11 is 3.35. The Morgan fingerprint density at radius 2 is 1.79 bits per heavy atom. The van der Waals surface area contributed by atoms with E-state index in [0.717, 1.165) is 30.2 Å². The van der Waals surface area contributed by atoms with E-state index in [1.807, 2.05) is 19.9 Å². The number of Topliss-reactive ketones (excluding diaryl/α,β-unsaturated/α-hetero) is 1. The fourth-order valence-electron chi connectivity index (χ4n) is 2.13. The van der Waals surface area contributed by atoms with Crippen LogP contribution in [-0.4, -0.2) is 19.0 Å². The zero-order valence-corrected chi connectivity index (χ0v) is 19.8. The Morgan fingerprint density at radius 3 is 2.34 bits per heavy atom. The summed E-state index contributed by atoms with van der Waals surface area (Å²) < 4.78 is 29.9. The van der Waals surface area contributed by atoms with Gasteiger partial charge in [0.25, 0.3) is 0 Å². The molecule has 5 nitrogen and oxygen atoms in total. The van der Waals surface area contributed by atoms with Crippen LogP contribution in [0.5, 0.6) is 0 Å². The Morgan fingerprint density at radius 1 is 1.17 bits per heavy atom. The second kappa shape index (κ2) is 13.7. The number of phosphoric acid groups is 1. The summed E-state index contributed by atoms with van der Waals surface area (Å²) in [6.07, 6.45) is 8.17. The van der Waals surface area contributed by atoms with Crippen LogP contribution in [0.3, 0.4) is 0 Å².